The molecule has 0 spiro atoms. The second kappa shape index (κ2) is 5.62. The van der Waals surface area contributed by atoms with Crippen LogP contribution in [0.3, 0.4) is 0 Å². The molecule has 0 aromatic heterocycles. The fraction of sp³-hybridized carbons (Fsp3) is 0.727. The summed E-state index contributed by atoms with van der Waals surface area (Å²) >= 11 is 0. The molecule has 0 amide bonds. The lowest BCUT2D eigenvalue weighted by molar-refractivity contribution is -0.0606. The highest BCUT2D eigenvalue weighted by atomic mass is 16.3. The molecule has 126 valence electrons. The standard InChI is InChI=1S/C22H32O/c1-4-17-14(2)5-7-19-18(17)9-10-21-20(19)8-6-15-13-16(23)11-12-22(15,21)3/h5,7,15-16,20-21,23H,4,6,8-13H2,1-3H3/t15-,16+,20+,21-,22+/m1/s1. The number of aliphatic hydroxyl groups is 1. The maximum absolute atomic E-state index is 10.1. The van der Waals surface area contributed by atoms with Crippen molar-refractivity contribution in [3.8, 4) is 0 Å². The number of aryl methyl sites for hydroxylation is 1. The van der Waals surface area contributed by atoms with Crippen LogP contribution in [0.5, 0.6) is 0 Å². The van der Waals surface area contributed by atoms with Crippen LogP contribution in [0.15, 0.2) is 12.1 Å². The maximum Gasteiger partial charge on any atom is 0.0543 e. The highest BCUT2D eigenvalue weighted by Gasteiger charge is 2.51. The van der Waals surface area contributed by atoms with Crippen LogP contribution < -0.4 is 0 Å². The van der Waals surface area contributed by atoms with Crippen molar-refractivity contribution in [1.82, 2.24) is 0 Å². The summed E-state index contributed by atoms with van der Waals surface area (Å²) in [7, 11) is 0. The molecule has 1 aromatic carbocycles. The van der Waals surface area contributed by atoms with E-state index in [9.17, 15) is 5.11 Å². The van der Waals surface area contributed by atoms with Gasteiger partial charge in [-0.3, -0.25) is 0 Å². The molecule has 0 unspecified atom stereocenters. The molecule has 0 heterocycles. The minimum Gasteiger partial charge on any atom is -0.393 e. The van der Waals surface area contributed by atoms with Crippen LogP contribution in [0.1, 0.15) is 80.5 Å². The van der Waals surface area contributed by atoms with Gasteiger partial charge in [0.1, 0.15) is 0 Å². The molecule has 2 saturated carbocycles. The van der Waals surface area contributed by atoms with Crippen LogP contribution in [0.2, 0.25) is 0 Å². The van der Waals surface area contributed by atoms with Crippen LogP contribution in [-0.4, -0.2) is 11.2 Å². The van der Waals surface area contributed by atoms with E-state index in [1.165, 1.54) is 44.1 Å². The van der Waals surface area contributed by atoms with E-state index in [-0.39, 0.29) is 6.10 Å². The number of hydrogen-bond acceptors (Lipinski definition) is 1. The van der Waals surface area contributed by atoms with Crippen molar-refractivity contribution in [1.29, 1.82) is 0 Å². The first-order valence-electron chi connectivity index (χ1n) is 9.84. The monoisotopic (exact) mass is 312 g/mol. The zero-order valence-electron chi connectivity index (χ0n) is 15.1. The Morgan fingerprint density at radius 3 is 2.78 bits per heavy atom. The van der Waals surface area contributed by atoms with E-state index < -0.39 is 0 Å². The van der Waals surface area contributed by atoms with Gasteiger partial charge in [0.2, 0.25) is 0 Å². The third-order valence-electron chi connectivity index (χ3n) is 7.82. The van der Waals surface area contributed by atoms with E-state index >= 15 is 0 Å². The van der Waals surface area contributed by atoms with Crippen LogP contribution in [0, 0.1) is 24.2 Å². The zero-order chi connectivity index (χ0) is 16.2. The molecule has 4 rings (SSSR count). The van der Waals surface area contributed by atoms with E-state index in [1.807, 2.05) is 0 Å². The van der Waals surface area contributed by atoms with Gasteiger partial charge in [0.15, 0.2) is 0 Å². The quantitative estimate of drug-likeness (QED) is 0.759. The minimum absolute atomic E-state index is 0.0326. The van der Waals surface area contributed by atoms with E-state index in [4.69, 9.17) is 0 Å². The van der Waals surface area contributed by atoms with Crippen molar-refractivity contribution in [2.24, 2.45) is 17.3 Å². The second-order valence-corrected chi connectivity index (χ2v) is 8.74. The molecule has 0 saturated heterocycles. The van der Waals surface area contributed by atoms with Crippen LogP contribution >= 0.6 is 0 Å². The van der Waals surface area contributed by atoms with Crippen molar-refractivity contribution >= 4 is 0 Å². The smallest absolute Gasteiger partial charge is 0.0543 e. The third-order valence-corrected chi connectivity index (χ3v) is 7.82. The van der Waals surface area contributed by atoms with Gasteiger partial charge in [-0.05, 0) is 104 Å². The summed E-state index contributed by atoms with van der Waals surface area (Å²) in [4.78, 5) is 0. The molecule has 1 nitrogen and oxygen atoms in total. The number of fused-ring (bicyclic) bond motifs is 5. The van der Waals surface area contributed by atoms with Gasteiger partial charge in [0.25, 0.3) is 0 Å². The number of aliphatic hydroxyl groups excluding tert-OH is 1. The average molecular weight is 312 g/mol. The van der Waals surface area contributed by atoms with Gasteiger partial charge in [-0.15, -0.1) is 0 Å². The molecule has 1 N–H and O–H groups in total. The molecule has 0 radical (unpaired) electrons. The number of rotatable bonds is 1. The summed E-state index contributed by atoms with van der Waals surface area (Å²) in [6.07, 6.45) is 9.79. The Bertz CT molecular complexity index is 604. The Morgan fingerprint density at radius 1 is 1.17 bits per heavy atom. The molecular formula is C22H32O. The summed E-state index contributed by atoms with van der Waals surface area (Å²) in [6, 6.07) is 4.83. The van der Waals surface area contributed by atoms with Gasteiger partial charge < -0.3 is 5.11 Å². The molecule has 2 fully saturated rings. The Kier molecular flexibility index (Phi) is 3.83. The van der Waals surface area contributed by atoms with Crippen molar-refractivity contribution in [2.75, 3.05) is 0 Å². The normalized spacial score (nSPS) is 39.3. The molecule has 3 aliphatic rings. The molecule has 3 aliphatic carbocycles. The van der Waals surface area contributed by atoms with Gasteiger partial charge >= 0.3 is 0 Å². The van der Waals surface area contributed by atoms with Crippen LogP contribution in [-0.2, 0) is 12.8 Å². The fourth-order valence-corrected chi connectivity index (χ4v) is 6.54. The molecule has 0 bridgehead atoms. The lowest BCUT2D eigenvalue weighted by atomic mass is 9.49. The first-order chi connectivity index (χ1) is 11.0. The lowest BCUT2D eigenvalue weighted by Gasteiger charge is -2.56. The zero-order valence-corrected chi connectivity index (χ0v) is 15.1. The van der Waals surface area contributed by atoms with Gasteiger partial charge in [-0.1, -0.05) is 26.0 Å². The Morgan fingerprint density at radius 2 is 2.00 bits per heavy atom. The summed E-state index contributed by atoms with van der Waals surface area (Å²) in [5.74, 6) is 2.37. The first-order valence-corrected chi connectivity index (χ1v) is 9.84. The van der Waals surface area contributed by atoms with E-state index in [2.05, 4.69) is 32.9 Å². The maximum atomic E-state index is 10.1. The molecule has 1 aromatic rings. The van der Waals surface area contributed by atoms with Crippen molar-refractivity contribution in [3.63, 3.8) is 0 Å². The molecule has 0 aliphatic heterocycles. The largest absolute Gasteiger partial charge is 0.393 e. The third kappa shape index (κ3) is 2.30. The van der Waals surface area contributed by atoms with Crippen molar-refractivity contribution in [3.05, 3.63) is 34.4 Å². The van der Waals surface area contributed by atoms with E-state index in [0.717, 1.165) is 30.6 Å². The van der Waals surface area contributed by atoms with Gasteiger partial charge in [0, 0.05) is 0 Å². The van der Waals surface area contributed by atoms with E-state index in [1.54, 1.807) is 16.7 Å². The Balaban J connectivity index is 1.72. The van der Waals surface area contributed by atoms with Gasteiger partial charge in [-0.25, -0.2) is 0 Å². The lowest BCUT2D eigenvalue weighted by Crippen LogP contribution is -2.48. The molecule has 23 heavy (non-hydrogen) atoms. The number of benzene rings is 1. The Labute approximate surface area is 141 Å². The van der Waals surface area contributed by atoms with Crippen LogP contribution in [0.4, 0.5) is 0 Å². The SMILES string of the molecule is CCc1c(C)ccc2c1CC[C@@H]1[C@H]2CC[C@@H]2C[C@@H](O)CC[C@@]21C. The summed E-state index contributed by atoms with van der Waals surface area (Å²) < 4.78 is 0. The topological polar surface area (TPSA) is 20.2 Å². The number of hydrogen-bond donors (Lipinski definition) is 1. The average Bonchev–Trinajstić information content (AvgIpc) is 2.55. The van der Waals surface area contributed by atoms with E-state index in [0.29, 0.717) is 5.41 Å². The molecular weight excluding hydrogens is 280 g/mol. The first kappa shape index (κ1) is 15.7. The summed E-state index contributed by atoms with van der Waals surface area (Å²) in [6.45, 7) is 7.15. The van der Waals surface area contributed by atoms with Gasteiger partial charge in [-0.2, -0.15) is 0 Å². The predicted octanol–water partition coefficient (Wildman–Crippen LogP) is 5.16. The molecule has 5 atom stereocenters. The van der Waals surface area contributed by atoms with Crippen molar-refractivity contribution in [2.45, 2.75) is 84.2 Å². The highest BCUT2D eigenvalue weighted by Crippen LogP contribution is 2.61. The second-order valence-electron chi connectivity index (χ2n) is 8.74. The van der Waals surface area contributed by atoms with Gasteiger partial charge in [0.05, 0.1) is 6.10 Å². The summed E-state index contributed by atoms with van der Waals surface area (Å²) in [5, 5.41) is 10.1. The van der Waals surface area contributed by atoms with Crippen molar-refractivity contribution < 1.29 is 5.11 Å². The minimum atomic E-state index is -0.0326. The molecule has 1 heteroatoms. The summed E-state index contributed by atoms with van der Waals surface area (Å²) in [5.41, 5.74) is 6.98. The highest BCUT2D eigenvalue weighted by molar-refractivity contribution is 5.45. The predicted molar refractivity (Wildman–Crippen MR) is 95.8 cm³/mol. The van der Waals surface area contributed by atoms with Crippen LogP contribution in [0.25, 0.3) is 0 Å². The fourth-order valence-electron chi connectivity index (χ4n) is 6.54. The Hall–Kier alpha value is -0.820.